The number of benzene rings is 2. The first-order chi connectivity index (χ1) is 13.8. The van der Waals surface area contributed by atoms with E-state index in [1.807, 2.05) is 0 Å². The molecule has 1 fully saturated rings. The molecule has 4 rings (SSSR count). The predicted molar refractivity (Wildman–Crippen MR) is 117 cm³/mol. The maximum Gasteiger partial charge on any atom is 0.111 e. The Morgan fingerprint density at radius 2 is 1.75 bits per heavy atom. The smallest absolute Gasteiger partial charge is 0.111 e. The lowest BCUT2D eigenvalue weighted by molar-refractivity contribution is 0.144. The van der Waals surface area contributed by atoms with E-state index in [2.05, 4.69) is 83.2 Å². The van der Waals surface area contributed by atoms with Crippen LogP contribution < -0.4 is 5.32 Å². The van der Waals surface area contributed by atoms with Crippen LogP contribution in [0.15, 0.2) is 54.6 Å². The average molecular weight is 377 g/mol. The zero-order valence-corrected chi connectivity index (χ0v) is 17.1. The van der Waals surface area contributed by atoms with Crippen LogP contribution in [0.1, 0.15) is 50.2 Å². The van der Waals surface area contributed by atoms with Crippen LogP contribution in [0, 0.1) is 0 Å². The quantitative estimate of drug-likeness (QED) is 0.613. The summed E-state index contributed by atoms with van der Waals surface area (Å²) in [5, 5.41) is 3.45. The van der Waals surface area contributed by atoms with E-state index in [9.17, 15) is 0 Å². The van der Waals surface area contributed by atoms with Crippen LogP contribution >= 0.6 is 0 Å². The van der Waals surface area contributed by atoms with Gasteiger partial charge < -0.3 is 9.88 Å². The molecule has 0 saturated carbocycles. The number of piperidine rings is 1. The van der Waals surface area contributed by atoms with Crippen molar-refractivity contribution in [3.8, 4) is 0 Å². The van der Waals surface area contributed by atoms with Crippen molar-refractivity contribution < 1.29 is 0 Å². The molecule has 1 aromatic heterocycles. The molecule has 0 radical (unpaired) electrons. The normalized spacial score (nSPS) is 17.2. The van der Waals surface area contributed by atoms with E-state index in [1.54, 1.807) is 0 Å². The molecule has 4 nitrogen and oxygen atoms in total. The lowest BCUT2D eigenvalue weighted by atomic mass is 9.99. The Hall–Kier alpha value is -2.17. The van der Waals surface area contributed by atoms with Crippen molar-refractivity contribution in [2.75, 3.05) is 26.2 Å². The standard InChI is InChI=1S/C24H32N4/c1-3-25-16-13-24-26-22-11-7-8-12-23(22)28(24)21-14-17-27(18-15-21)19(2)20-9-5-4-6-10-20/h4-12,19,21,25H,3,13-18H2,1-2H3. The maximum atomic E-state index is 4.97. The molecule has 3 aromatic rings. The van der Waals surface area contributed by atoms with E-state index >= 15 is 0 Å². The van der Waals surface area contributed by atoms with Gasteiger partial charge in [-0.3, -0.25) is 4.90 Å². The maximum absolute atomic E-state index is 4.97. The number of nitrogens with one attached hydrogen (secondary N) is 1. The summed E-state index contributed by atoms with van der Waals surface area (Å²) in [6.45, 7) is 8.77. The molecule has 1 unspecified atom stereocenters. The number of hydrogen-bond acceptors (Lipinski definition) is 3. The predicted octanol–water partition coefficient (Wildman–Crippen LogP) is 4.59. The first kappa shape index (κ1) is 19.2. The Kier molecular flexibility index (Phi) is 6.08. The molecule has 28 heavy (non-hydrogen) atoms. The Balaban J connectivity index is 1.51. The van der Waals surface area contributed by atoms with E-state index in [1.165, 1.54) is 29.7 Å². The fourth-order valence-corrected chi connectivity index (χ4v) is 4.53. The highest BCUT2D eigenvalue weighted by atomic mass is 15.2. The number of nitrogens with zero attached hydrogens (tertiary/aromatic N) is 3. The molecule has 0 bridgehead atoms. The van der Waals surface area contributed by atoms with E-state index in [0.717, 1.165) is 38.1 Å². The van der Waals surface area contributed by atoms with Crippen LogP contribution in [0.2, 0.25) is 0 Å². The summed E-state index contributed by atoms with van der Waals surface area (Å²) >= 11 is 0. The molecule has 0 spiro atoms. The van der Waals surface area contributed by atoms with Crippen LogP contribution in [0.25, 0.3) is 11.0 Å². The number of likely N-dealkylation sites (N-methyl/N-ethyl adjacent to an activating group) is 1. The summed E-state index contributed by atoms with van der Waals surface area (Å²) < 4.78 is 2.54. The highest BCUT2D eigenvalue weighted by Crippen LogP contribution is 2.32. The minimum atomic E-state index is 0.481. The topological polar surface area (TPSA) is 33.1 Å². The number of para-hydroxylation sites is 2. The van der Waals surface area contributed by atoms with Gasteiger partial charge in [0, 0.05) is 38.1 Å². The summed E-state index contributed by atoms with van der Waals surface area (Å²) in [5.41, 5.74) is 3.85. The molecule has 1 N–H and O–H groups in total. The third-order valence-corrected chi connectivity index (χ3v) is 6.14. The molecule has 1 aliphatic heterocycles. The first-order valence-electron chi connectivity index (χ1n) is 10.7. The second-order valence-corrected chi connectivity index (χ2v) is 7.84. The van der Waals surface area contributed by atoms with Gasteiger partial charge >= 0.3 is 0 Å². The van der Waals surface area contributed by atoms with Crippen molar-refractivity contribution in [3.63, 3.8) is 0 Å². The fourth-order valence-electron chi connectivity index (χ4n) is 4.53. The molecule has 2 aromatic carbocycles. The van der Waals surface area contributed by atoms with Gasteiger partial charge in [-0.1, -0.05) is 49.4 Å². The van der Waals surface area contributed by atoms with Crippen molar-refractivity contribution >= 4 is 11.0 Å². The Morgan fingerprint density at radius 3 is 2.50 bits per heavy atom. The molecule has 1 aliphatic rings. The molecule has 0 aliphatic carbocycles. The second kappa shape index (κ2) is 8.89. The molecular weight excluding hydrogens is 344 g/mol. The molecule has 1 atom stereocenters. The van der Waals surface area contributed by atoms with Crippen LogP contribution in [-0.2, 0) is 6.42 Å². The van der Waals surface area contributed by atoms with Crippen LogP contribution in [0.4, 0.5) is 0 Å². The van der Waals surface area contributed by atoms with E-state index in [0.29, 0.717) is 12.1 Å². The molecule has 0 amide bonds. The number of hydrogen-bond donors (Lipinski definition) is 1. The van der Waals surface area contributed by atoms with Crippen molar-refractivity contribution in [3.05, 3.63) is 66.0 Å². The minimum absolute atomic E-state index is 0.481. The van der Waals surface area contributed by atoms with Gasteiger partial charge in [0.25, 0.3) is 0 Å². The largest absolute Gasteiger partial charge is 0.325 e. The summed E-state index contributed by atoms with van der Waals surface area (Å²) in [6, 6.07) is 20.5. The van der Waals surface area contributed by atoms with Gasteiger partial charge in [0.1, 0.15) is 5.82 Å². The summed E-state index contributed by atoms with van der Waals surface area (Å²) in [5.74, 6) is 1.23. The monoisotopic (exact) mass is 376 g/mol. The van der Waals surface area contributed by atoms with Gasteiger partial charge in [0.2, 0.25) is 0 Å². The number of fused-ring (bicyclic) bond motifs is 1. The first-order valence-corrected chi connectivity index (χ1v) is 10.7. The van der Waals surface area contributed by atoms with Crippen molar-refractivity contribution in [1.82, 2.24) is 19.8 Å². The summed E-state index contributed by atoms with van der Waals surface area (Å²) in [6.07, 6.45) is 3.36. The van der Waals surface area contributed by atoms with Gasteiger partial charge in [-0.25, -0.2) is 4.98 Å². The van der Waals surface area contributed by atoms with Gasteiger partial charge in [0.05, 0.1) is 11.0 Å². The Labute approximate surface area is 168 Å². The van der Waals surface area contributed by atoms with Gasteiger partial charge in [-0.05, 0) is 44.0 Å². The highest BCUT2D eigenvalue weighted by molar-refractivity contribution is 5.76. The zero-order valence-electron chi connectivity index (χ0n) is 17.1. The van der Waals surface area contributed by atoms with Gasteiger partial charge in [-0.15, -0.1) is 0 Å². The number of imidazole rings is 1. The lowest BCUT2D eigenvalue weighted by Crippen LogP contribution is -2.37. The highest BCUT2D eigenvalue weighted by Gasteiger charge is 2.26. The van der Waals surface area contributed by atoms with Crippen LogP contribution in [0.5, 0.6) is 0 Å². The zero-order chi connectivity index (χ0) is 19.3. The average Bonchev–Trinajstić information content (AvgIpc) is 3.12. The molecule has 148 valence electrons. The number of aromatic nitrogens is 2. The molecular formula is C24H32N4. The van der Waals surface area contributed by atoms with Gasteiger partial charge in [0.15, 0.2) is 0 Å². The van der Waals surface area contributed by atoms with E-state index < -0.39 is 0 Å². The molecule has 4 heteroatoms. The van der Waals surface area contributed by atoms with E-state index in [-0.39, 0.29) is 0 Å². The molecule has 2 heterocycles. The number of rotatable bonds is 7. The third-order valence-electron chi connectivity index (χ3n) is 6.14. The van der Waals surface area contributed by atoms with E-state index in [4.69, 9.17) is 4.98 Å². The Bertz CT molecular complexity index is 878. The third kappa shape index (κ3) is 3.98. The van der Waals surface area contributed by atoms with Crippen molar-refractivity contribution in [2.45, 2.75) is 45.2 Å². The lowest BCUT2D eigenvalue weighted by Gasteiger charge is -2.37. The van der Waals surface area contributed by atoms with Crippen molar-refractivity contribution in [1.29, 1.82) is 0 Å². The van der Waals surface area contributed by atoms with Crippen LogP contribution in [-0.4, -0.2) is 40.6 Å². The summed E-state index contributed by atoms with van der Waals surface area (Å²) in [7, 11) is 0. The van der Waals surface area contributed by atoms with Gasteiger partial charge in [-0.2, -0.15) is 0 Å². The minimum Gasteiger partial charge on any atom is -0.325 e. The summed E-state index contributed by atoms with van der Waals surface area (Å²) in [4.78, 5) is 7.60. The Morgan fingerprint density at radius 1 is 1.04 bits per heavy atom. The second-order valence-electron chi connectivity index (χ2n) is 7.84. The number of likely N-dealkylation sites (tertiary alicyclic amines) is 1. The van der Waals surface area contributed by atoms with Crippen LogP contribution in [0.3, 0.4) is 0 Å². The fraction of sp³-hybridized carbons (Fsp3) is 0.458. The molecule has 1 saturated heterocycles. The van der Waals surface area contributed by atoms with Crippen molar-refractivity contribution in [2.24, 2.45) is 0 Å². The SMILES string of the molecule is CCNCCc1nc2ccccc2n1C1CCN(C(C)c2ccccc2)CC1.